The van der Waals surface area contributed by atoms with Crippen LogP contribution >= 0.6 is 34.8 Å². The average Bonchev–Trinajstić information content (AvgIpc) is 3.46. The first-order valence-corrected chi connectivity index (χ1v) is 12.4. The lowest BCUT2D eigenvalue weighted by atomic mass is 10.2. The standard InChI is InChI=1S/C26H21Cl3N4O3/c1-2-25(34)31-10-8-18(14-31)33-22-7-9-30-13-23(22)32(26(33)35)17-4-6-24(21(29)12-17)36-15-16-3-5-19(27)20(28)11-16/h2-7,9,11-13,18H,1,8,10,14-15H2/t18-/m1/s1. The van der Waals surface area contributed by atoms with Gasteiger partial charge in [0.1, 0.15) is 12.4 Å². The molecule has 0 unspecified atom stereocenters. The summed E-state index contributed by atoms with van der Waals surface area (Å²) in [6.45, 7) is 4.82. The molecule has 7 nitrogen and oxygen atoms in total. The first-order valence-electron chi connectivity index (χ1n) is 11.2. The lowest BCUT2D eigenvalue weighted by Gasteiger charge is -2.15. The van der Waals surface area contributed by atoms with E-state index in [4.69, 9.17) is 39.5 Å². The molecule has 10 heteroatoms. The molecule has 0 spiro atoms. The second kappa shape index (κ2) is 10.0. The Morgan fingerprint density at radius 3 is 2.67 bits per heavy atom. The Labute approximate surface area is 222 Å². The molecule has 36 heavy (non-hydrogen) atoms. The van der Waals surface area contributed by atoms with E-state index < -0.39 is 0 Å². The Hall–Kier alpha value is -3.26. The maximum absolute atomic E-state index is 13.7. The lowest BCUT2D eigenvalue weighted by Crippen LogP contribution is -2.31. The number of aromatic nitrogens is 3. The third-order valence-electron chi connectivity index (χ3n) is 6.24. The summed E-state index contributed by atoms with van der Waals surface area (Å²) in [5.41, 5.74) is 2.59. The molecule has 1 atom stereocenters. The molecule has 0 bridgehead atoms. The van der Waals surface area contributed by atoms with Gasteiger partial charge in [0, 0.05) is 19.3 Å². The number of carbonyl (C=O) groups is 1. The molecule has 0 saturated carbocycles. The van der Waals surface area contributed by atoms with E-state index in [2.05, 4.69) is 11.6 Å². The third-order valence-corrected chi connectivity index (χ3v) is 7.28. The summed E-state index contributed by atoms with van der Waals surface area (Å²) >= 11 is 18.6. The van der Waals surface area contributed by atoms with E-state index in [0.29, 0.717) is 51.5 Å². The number of rotatable bonds is 6. The van der Waals surface area contributed by atoms with Gasteiger partial charge in [0.2, 0.25) is 5.91 Å². The highest BCUT2D eigenvalue weighted by molar-refractivity contribution is 6.42. The van der Waals surface area contributed by atoms with Crippen LogP contribution in [0, 0.1) is 0 Å². The van der Waals surface area contributed by atoms with Gasteiger partial charge in [-0.25, -0.2) is 4.79 Å². The second-order valence-corrected chi connectivity index (χ2v) is 9.66. The van der Waals surface area contributed by atoms with Crippen molar-refractivity contribution in [3.63, 3.8) is 0 Å². The van der Waals surface area contributed by atoms with Gasteiger partial charge < -0.3 is 9.64 Å². The number of carbonyl (C=O) groups excluding carboxylic acids is 1. The molecular formula is C26H21Cl3N4O3. The fourth-order valence-electron chi connectivity index (χ4n) is 4.49. The molecule has 4 aromatic rings. The van der Waals surface area contributed by atoms with E-state index in [1.54, 1.807) is 56.8 Å². The number of nitrogens with zero attached hydrogens (tertiary/aromatic N) is 4. The van der Waals surface area contributed by atoms with Crippen LogP contribution in [0.3, 0.4) is 0 Å². The molecule has 1 fully saturated rings. The van der Waals surface area contributed by atoms with Gasteiger partial charge in [0.05, 0.1) is 44.0 Å². The fraction of sp³-hybridized carbons (Fsp3) is 0.192. The minimum Gasteiger partial charge on any atom is -0.487 e. The van der Waals surface area contributed by atoms with Gasteiger partial charge in [-0.2, -0.15) is 0 Å². The molecule has 0 radical (unpaired) electrons. The van der Waals surface area contributed by atoms with Crippen molar-refractivity contribution in [1.29, 1.82) is 0 Å². The van der Waals surface area contributed by atoms with Gasteiger partial charge >= 0.3 is 5.69 Å². The Morgan fingerprint density at radius 1 is 1.08 bits per heavy atom. The molecule has 2 aromatic carbocycles. The van der Waals surface area contributed by atoms with Crippen LogP contribution in [0.4, 0.5) is 0 Å². The SMILES string of the molecule is C=CC(=O)N1CC[C@@H](n2c(=O)n(-c3ccc(OCc4ccc(Cl)c(Cl)c4)c(Cl)c3)c3cnccc32)C1. The summed E-state index contributed by atoms with van der Waals surface area (Å²) in [5, 5.41) is 1.27. The van der Waals surface area contributed by atoms with E-state index in [1.807, 2.05) is 12.1 Å². The van der Waals surface area contributed by atoms with Crippen molar-refractivity contribution >= 4 is 51.7 Å². The zero-order valence-corrected chi connectivity index (χ0v) is 21.3. The number of halogens is 3. The van der Waals surface area contributed by atoms with Crippen molar-refractivity contribution in [2.24, 2.45) is 0 Å². The van der Waals surface area contributed by atoms with Gasteiger partial charge in [0.15, 0.2) is 0 Å². The van der Waals surface area contributed by atoms with Crippen molar-refractivity contribution in [1.82, 2.24) is 19.0 Å². The van der Waals surface area contributed by atoms with Crippen LogP contribution in [0.1, 0.15) is 18.0 Å². The summed E-state index contributed by atoms with van der Waals surface area (Å²) < 4.78 is 9.18. The number of amides is 1. The van der Waals surface area contributed by atoms with Crippen LogP contribution in [-0.2, 0) is 11.4 Å². The van der Waals surface area contributed by atoms with Crippen LogP contribution < -0.4 is 10.4 Å². The Morgan fingerprint density at radius 2 is 1.92 bits per heavy atom. The molecule has 1 saturated heterocycles. The highest BCUT2D eigenvalue weighted by Crippen LogP contribution is 2.31. The van der Waals surface area contributed by atoms with Crippen LogP contribution in [-0.4, -0.2) is 38.0 Å². The largest absolute Gasteiger partial charge is 0.487 e. The second-order valence-electron chi connectivity index (χ2n) is 8.44. The van der Waals surface area contributed by atoms with Gasteiger partial charge in [-0.05, 0) is 54.5 Å². The summed E-state index contributed by atoms with van der Waals surface area (Å²) in [5.74, 6) is 0.329. The van der Waals surface area contributed by atoms with Crippen molar-refractivity contribution < 1.29 is 9.53 Å². The monoisotopic (exact) mass is 542 g/mol. The first-order chi connectivity index (χ1) is 17.4. The minimum atomic E-state index is -0.226. The Kier molecular flexibility index (Phi) is 6.79. The number of ether oxygens (including phenoxy) is 1. The first kappa shape index (κ1) is 24.4. The topological polar surface area (TPSA) is 69.4 Å². The van der Waals surface area contributed by atoms with Gasteiger partial charge in [-0.15, -0.1) is 0 Å². The van der Waals surface area contributed by atoms with Crippen LogP contribution in [0.15, 0.2) is 72.3 Å². The molecule has 184 valence electrons. The number of pyridine rings is 1. The number of hydrogen-bond acceptors (Lipinski definition) is 4. The molecule has 1 amide bonds. The smallest absolute Gasteiger partial charge is 0.334 e. The van der Waals surface area contributed by atoms with Gasteiger partial charge in [0.25, 0.3) is 0 Å². The molecule has 3 heterocycles. The molecule has 0 N–H and O–H groups in total. The van der Waals surface area contributed by atoms with Crippen LogP contribution in [0.2, 0.25) is 15.1 Å². The van der Waals surface area contributed by atoms with E-state index in [9.17, 15) is 9.59 Å². The molecule has 5 rings (SSSR count). The lowest BCUT2D eigenvalue weighted by molar-refractivity contribution is -0.125. The number of fused-ring (bicyclic) bond motifs is 1. The minimum absolute atomic E-state index is 0.140. The van der Waals surface area contributed by atoms with Crippen molar-refractivity contribution in [2.75, 3.05) is 13.1 Å². The van der Waals surface area contributed by atoms with Crippen LogP contribution in [0.5, 0.6) is 5.75 Å². The third kappa shape index (κ3) is 4.50. The summed E-state index contributed by atoms with van der Waals surface area (Å²) in [6, 6.07) is 12.1. The van der Waals surface area contributed by atoms with Gasteiger partial charge in [-0.3, -0.25) is 18.9 Å². The van der Waals surface area contributed by atoms with E-state index in [-0.39, 0.29) is 24.2 Å². The molecule has 2 aromatic heterocycles. The van der Waals surface area contributed by atoms with E-state index in [0.717, 1.165) is 11.1 Å². The number of likely N-dealkylation sites (tertiary alicyclic amines) is 1. The number of hydrogen-bond donors (Lipinski definition) is 0. The van der Waals surface area contributed by atoms with Crippen molar-refractivity contribution in [3.8, 4) is 11.4 Å². The Balaban J connectivity index is 1.46. The highest BCUT2D eigenvalue weighted by Gasteiger charge is 2.30. The normalized spacial score (nSPS) is 15.4. The van der Waals surface area contributed by atoms with Crippen molar-refractivity contribution in [2.45, 2.75) is 19.1 Å². The van der Waals surface area contributed by atoms with Crippen LogP contribution in [0.25, 0.3) is 16.7 Å². The average molecular weight is 544 g/mol. The number of benzene rings is 2. The van der Waals surface area contributed by atoms with Crippen molar-refractivity contribution in [3.05, 3.63) is 98.6 Å². The Bertz CT molecular complexity index is 1550. The zero-order chi connectivity index (χ0) is 25.4. The maximum Gasteiger partial charge on any atom is 0.334 e. The number of imidazole rings is 1. The predicted octanol–water partition coefficient (Wildman–Crippen LogP) is 5.69. The zero-order valence-electron chi connectivity index (χ0n) is 19.0. The van der Waals surface area contributed by atoms with E-state index >= 15 is 0 Å². The summed E-state index contributed by atoms with van der Waals surface area (Å²) in [7, 11) is 0. The summed E-state index contributed by atoms with van der Waals surface area (Å²) in [6.07, 6.45) is 5.27. The maximum atomic E-state index is 13.7. The molecule has 0 aliphatic carbocycles. The van der Waals surface area contributed by atoms with Gasteiger partial charge in [-0.1, -0.05) is 47.4 Å². The molecule has 1 aliphatic heterocycles. The molecular weight excluding hydrogens is 523 g/mol. The highest BCUT2D eigenvalue weighted by atomic mass is 35.5. The predicted molar refractivity (Wildman–Crippen MR) is 142 cm³/mol. The summed E-state index contributed by atoms with van der Waals surface area (Å²) in [4.78, 5) is 31.7. The molecule has 1 aliphatic rings. The quantitative estimate of drug-likeness (QED) is 0.293. The fourth-order valence-corrected chi connectivity index (χ4v) is 5.04. The van der Waals surface area contributed by atoms with E-state index in [1.165, 1.54) is 6.08 Å².